The molecule has 90 valence electrons. The standard InChI is InChI=1S/C12H25NOS/c1-2-12-6-4-3-5-7-13(12)8-9-14-10-11-15/h12,15H,2-11H2,1H3. The molecule has 1 heterocycles. The first kappa shape index (κ1) is 13.3. The fourth-order valence-electron chi connectivity index (χ4n) is 2.34. The van der Waals surface area contributed by atoms with E-state index in [-0.39, 0.29) is 0 Å². The molecule has 1 fully saturated rings. The van der Waals surface area contributed by atoms with Gasteiger partial charge in [-0.3, -0.25) is 4.90 Å². The highest BCUT2D eigenvalue weighted by atomic mass is 32.1. The van der Waals surface area contributed by atoms with Crippen molar-refractivity contribution < 1.29 is 4.74 Å². The van der Waals surface area contributed by atoms with Crippen molar-refractivity contribution in [2.24, 2.45) is 0 Å². The van der Waals surface area contributed by atoms with Crippen LogP contribution in [0.1, 0.15) is 39.0 Å². The van der Waals surface area contributed by atoms with Gasteiger partial charge in [-0.05, 0) is 25.8 Å². The summed E-state index contributed by atoms with van der Waals surface area (Å²) in [6.45, 7) is 6.33. The lowest BCUT2D eigenvalue weighted by atomic mass is 10.1. The number of nitrogens with zero attached hydrogens (tertiary/aromatic N) is 1. The van der Waals surface area contributed by atoms with Gasteiger partial charge in [0.05, 0.1) is 13.2 Å². The summed E-state index contributed by atoms with van der Waals surface area (Å²) in [7, 11) is 0. The van der Waals surface area contributed by atoms with Gasteiger partial charge >= 0.3 is 0 Å². The Morgan fingerprint density at radius 2 is 2.13 bits per heavy atom. The van der Waals surface area contributed by atoms with Gasteiger partial charge in [0, 0.05) is 18.3 Å². The van der Waals surface area contributed by atoms with Gasteiger partial charge in [-0.15, -0.1) is 0 Å². The molecule has 2 nitrogen and oxygen atoms in total. The minimum Gasteiger partial charge on any atom is -0.379 e. The molecular weight excluding hydrogens is 206 g/mol. The van der Waals surface area contributed by atoms with Crippen molar-refractivity contribution in [1.82, 2.24) is 4.90 Å². The third-order valence-corrected chi connectivity index (χ3v) is 3.41. The van der Waals surface area contributed by atoms with E-state index in [0.717, 1.165) is 31.6 Å². The van der Waals surface area contributed by atoms with Crippen molar-refractivity contribution in [3.05, 3.63) is 0 Å². The molecule has 1 atom stereocenters. The smallest absolute Gasteiger partial charge is 0.0593 e. The largest absolute Gasteiger partial charge is 0.379 e. The van der Waals surface area contributed by atoms with Crippen LogP contribution in [0.25, 0.3) is 0 Å². The Kier molecular flexibility index (Phi) is 7.49. The van der Waals surface area contributed by atoms with Gasteiger partial charge in [-0.1, -0.05) is 19.8 Å². The van der Waals surface area contributed by atoms with Gasteiger partial charge < -0.3 is 4.74 Å². The van der Waals surface area contributed by atoms with Crippen molar-refractivity contribution in [3.8, 4) is 0 Å². The molecule has 0 amide bonds. The molecule has 15 heavy (non-hydrogen) atoms. The van der Waals surface area contributed by atoms with E-state index >= 15 is 0 Å². The quantitative estimate of drug-likeness (QED) is 0.557. The number of ether oxygens (including phenoxy) is 1. The summed E-state index contributed by atoms with van der Waals surface area (Å²) in [6.07, 6.45) is 6.84. The van der Waals surface area contributed by atoms with E-state index in [9.17, 15) is 0 Å². The van der Waals surface area contributed by atoms with Crippen LogP contribution in [0.15, 0.2) is 0 Å². The van der Waals surface area contributed by atoms with Gasteiger partial charge in [0.2, 0.25) is 0 Å². The lowest BCUT2D eigenvalue weighted by molar-refractivity contribution is 0.0953. The fourth-order valence-corrected chi connectivity index (χ4v) is 2.47. The monoisotopic (exact) mass is 231 g/mol. The number of likely N-dealkylation sites (tertiary alicyclic amines) is 1. The first-order valence-corrected chi connectivity index (χ1v) is 6.94. The summed E-state index contributed by atoms with van der Waals surface area (Å²) in [6, 6.07) is 0.798. The molecule has 0 saturated carbocycles. The third-order valence-electron chi connectivity index (χ3n) is 3.23. The highest BCUT2D eigenvalue weighted by Gasteiger charge is 2.18. The van der Waals surface area contributed by atoms with Gasteiger partial charge in [0.25, 0.3) is 0 Å². The second-order valence-electron chi connectivity index (χ2n) is 4.28. The summed E-state index contributed by atoms with van der Waals surface area (Å²) < 4.78 is 5.50. The zero-order valence-corrected chi connectivity index (χ0v) is 10.8. The van der Waals surface area contributed by atoms with Gasteiger partial charge in [-0.2, -0.15) is 12.6 Å². The van der Waals surface area contributed by atoms with Crippen LogP contribution in [0.5, 0.6) is 0 Å². The molecular formula is C12H25NOS. The molecule has 0 aromatic heterocycles. The Bertz CT molecular complexity index is 155. The average molecular weight is 231 g/mol. The lowest BCUT2D eigenvalue weighted by Crippen LogP contribution is -2.37. The average Bonchev–Trinajstić information content (AvgIpc) is 2.49. The van der Waals surface area contributed by atoms with Gasteiger partial charge in [0.1, 0.15) is 0 Å². The summed E-state index contributed by atoms with van der Waals surface area (Å²) >= 11 is 4.14. The molecule has 0 spiro atoms. The van der Waals surface area contributed by atoms with Crippen LogP contribution < -0.4 is 0 Å². The van der Waals surface area contributed by atoms with Gasteiger partial charge in [0.15, 0.2) is 0 Å². The fraction of sp³-hybridized carbons (Fsp3) is 1.00. The van der Waals surface area contributed by atoms with E-state index in [1.165, 1.54) is 38.6 Å². The maximum absolute atomic E-state index is 5.50. The molecule has 1 rings (SSSR count). The summed E-state index contributed by atoms with van der Waals surface area (Å²) in [5, 5.41) is 0. The first-order chi connectivity index (χ1) is 7.38. The van der Waals surface area contributed by atoms with Crippen molar-refractivity contribution in [1.29, 1.82) is 0 Å². The SMILES string of the molecule is CCC1CCCCCN1CCOCCS. The maximum Gasteiger partial charge on any atom is 0.0593 e. The second kappa shape index (κ2) is 8.43. The number of hydrogen-bond donors (Lipinski definition) is 1. The zero-order valence-electron chi connectivity index (χ0n) is 9.95. The van der Waals surface area contributed by atoms with Crippen molar-refractivity contribution in [3.63, 3.8) is 0 Å². The van der Waals surface area contributed by atoms with E-state index in [4.69, 9.17) is 4.74 Å². The van der Waals surface area contributed by atoms with Gasteiger partial charge in [-0.25, -0.2) is 0 Å². The van der Waals surface area contributed by atoms with Crippen LogP contribution in [0.3, 0.4) is 0 Å². The Labute approximate surface area is 99.8 Å². The molecule has 0 aromatic carbocycles. The molecule has 0 radical (unpaired) electrons. The second-order valence-corrected chi connectivity index (χ2v) is 4.73. The van der Waals surface area contributed by atoms with E-state index in [2.05, 4.69) is 24.5 Å². The van der Waals surface area contributed by atoms with E-state index in [1.54, 1.807) is 0 Å². The van der Waals surface area contributed by atoms with E-state index < -0.39 is 0 Å². The topological polar surface area (TPSA) is 12.5 Å². The van der Waals surface area contributed by atoms with Crippen LogP contribution in [0, 0.1) is 0 Å². The molecule has 0 aliphatic carbocycles. The molecule has 0 N–H and O–H groups in total. The number of hydrogen-bond acceptors (Lipinski definition) is 3. The highest BCUT2D eigenvalue weighted by Crippen LogP contribution is 2.18. The highest BCUT2D eigenvalue weighted by molar-refractivity contribution is 7.80. The third kappa shape index (κ3) is 5.23. The maximum atomic E-state index is 5.50. The summed E-state index contributed by atoms with van der Waals surface area (Å²) in [4.78, 5) is 2.62. The first-order valence-electron chi connectivity index (χ1n) is 6.31. The van der Waals surface area contributed by atoms with E-state index in [1.807, 2.05) is 0 Å². The molecule has 1 saturated heterocycles. The predicted molar refractivity (Wildman–Crippen MR) is 68.8 cm³/mol. The predicted octanol–water partition coefficient (Wildman–Crippen LogP) is 2.59. The lowest BCUT2D eigenvalue weighted by Gasteiger charge is -2.28. The Hall–Kier alpha value is 0.270. The summed E-state index contributed by atoms with van der Waals surface area (Å²) in [5.41, 5.74) is 0. The van der Waals surface area contributed by atoms with Crippen LogP contribution in [-0.2, 0) is 4.74 Å². The molecule has 3 heteroatoms. The van der Waals surface area contributed by atoms with Crippen molar-refractivity contribution in [2.45, 2.75) is 45.1 Å². The van der Waals surface area contributed by atoms with Crippen LogP contribution in [0.2, 0.25) is 0 Å². The van der Waals surface area contributed by atoms with E-state index in [0.29, 0.717) is 0 Å². The Balaban J connectivity index is 2.22. The number of thiol groups is 1. The van der Waals surface area contributed by atoms with Crippen molar-refractivity contribution in [2.75, 3.05) is 32.1 Å². The Morgan fingerprint density at radius 3 is 2.87 bits per heavy atom. The minimum atomic E-state index is 0.785. The number of rotatable bonds is 6. The Morgan fingerprint density at radius 1 is 1.27 bits per heavy atom. The van der Waals surface area contributed by atoms with Crippen molar-refractivity contribution >= 4 is 12.6 Å². The van der Waals surface area contributed by atoms with Crippen LogP contribution in [-0.4, -0.2) is 43.0 Å². The summed E-state index contributed by atoms with van der Waals surface area (Å²) in [5.74, 6) is 0.831. The normalized spacial score (nSPS) is 24.0. The van der Waals surface area contributed by atoms with Crippen LogP contribution in [0.4, 0.5) is 0 Å². The minimum absolute atomic E-state index is 0.785. The van der Waals surface area contributed by atoms with Crippen LogP contribution >= 0.6 is 12.6 Å². The zero-order chi connectivity index (χ0) is 10.9. The molecule has 0 bridgehead atoms. The molecule has 1 aliphatic heterocycles. The molecule has 0 aromatic rings. The molecule has 1 aliphatic rings. The molecule has 1 unspecified atom stereocenters.